The van der Waals surface area contributed by atoms with Gasteiger partial charge in [-0.3, -0.25) is 24.0 Å². The fourth-order valence-corrected chi connectivity index (χ4v) is 19.7. The lowest BCUT2D eigenvalue weighted by molar-refractivity contribution is -0.154. The van der Waals surface area contributed by atoms with E-state index in [4.69, 9.17) is 35.4 Å². The molecule has 6 atom stereocenters. The Balaban J connectivity index is 0.725. The number of fused-ring (bicyclic) bond motifs is 1. The summed E-state index contributed by atoms with van der Waals surface area (Å²) >= 11 is 7.56. The maximum absolute atomic E-state index is 16.7. The molecule has 0 radical (unpaired) electrons. The van der Waals surface area contributed by atoms with E-state index < -0.39 is 86.7 Å². The molecule has 5 aliphatic rings. The first-order chi connectivity index (χ1) is 50.7. The van der Waals surface area contributed by atoms with E-state index in [-0.39, 0.29) is 53.6 Å². The number of thioether (sulfide) groups is 1. The van der Waals surface area contributed by atoms with Crippen LogP contribution in [-0.4, -0.2) is 147 Å². The molecule has 3 amide bonds. The summed E-state index contributed by atoms with van der Waals surface area (Å²) in [6.07, 6.45) is 4.64. The van der Waals surface area contributed by atoms with Gasteiger partial charge in [0.05, 0.1) is 19.2 Å². The van der Waals surface area contributed by atoms with E-state index >= 15 is 14.0 Å². The summed E-state index contributed by atoms with van der Waals surface area (Å²) in [5.41, 5.74) is 4.23. The number of piperazine rings is 1. The van der Waals surface area contributed by atoms with Gasteiger partial charge in [-0.25, -0.2) is 23.2 Å². The number of hydrogen-bond acceptors (Lipinski definition) is 16. The van der Waals surface area contributed by atoms with E-state index in [1.165, 1.54) is 53.2 Å². The largest absolute Gasteiger partial charge is 0.488 e. The number of anilines is 2. The van der Waals surface area contributed by atoms with Crippen molar-refractivity contribution in [3.63, 3.8) is 0 Å². The fraction of sp³-hybridized carbons (Fsp3) is 0.263. The molecule has 4 saturated heterocycles. The summed E-state index contributed by atoms with van der Waals surface area (Å²) in [6, 6.07) is 65.8. The van der Waals surface area contributed by atoms with E-state index in [9.17, 15) is 14.0 Å². The van der Waals surface area contributed by atoms with Crippen molar-refractivity contribution in [3.05, 3.63) is 299 Å². The smallest absolute Gasteiger partial charge is 0.356 e. The van der Waals surface area contributed by atoms with E-state index in [1.54, 1.807) is 17.1 Å². The van der Waals surface area contributed by atoms with Crippen molar-refractivity contribution in [2.75, 3.05) is 73.7 Å². The Morgan fingerprint density at radius 1 is 0.779 bits per heavy atom. The summed E-state index contributed by atoms with van der Waals surface area (Å²) in [6.45, 7) is 6.64. The van der Waals surface area contributed by atoms with Gasteiger partial charge in [-0.15, -0.1) is 23.4 Å². The second kappa shape index (κ2) is 31.0. The summed E-state index contributed by atoms with van der Waals surface area (Å²) in [4.78, 5) is 79.9. The minimum atomic E-state index is -3.04. The number of ether oxygens (including phenoxy) is 4. The fourth-order valence-electron chi connectivity index (χ4n) is 14.5. The lowest BCUT2D eigenvalue weighted by Crippen LogP contribution is -2.71. The second-order valence-electron chi connectivity index (χ2n) is 26.0. The minimum absolute atomic E-state index is 0.00416. The maximum Gasteiger partial charge on any atom is 0.356 e. The van der Waals surface area contributed by atoms with Gasteiger partial charge in [-0.1, -0.05) is 185 Å². The van der Waals surface area contributed by atoms with Gasteiger partial charge in [0, 0.05) is 77.5 Å². The number of allylic oxidation sites excluding steroid dienone is 2. The zero-order chi connectivity index (χ0) is 72.0. The van der Waals surface area contributed by atoms with E-state index in [0.717, 1.165) is 50.2 Å². The monoisotopic (exact) mass is 1460 g/mol. The van der Waals surface area contributed by atoms with Crippen LogP contribution in [0.3, 0.4) is 0 Å². The molecule has 24 heteroatoms. The topological polar surface area (TPSA) is 195 Å². The van der Waals surface area contributed by atoms with Crippen LogP contribution in [0.1, 0.15) is 53.3 Å². The first-order valence-electron chi connectivity index (χ1n) is 34.3. The number of β-lactam (4-membered cyclic amide) rings is 1. The summed E-state index contributed by atoms with van der Waals surface area (Å²) in [5.74, 6) is -2.33. The standard InChI is InChI=1S/C80H77ClF2N10O9S2/c1-54(2)92-68(70(87-98-3)74(94)86-71-75(95)93-72(57(24-19-41-81)48-103-76(71)93)77(96)101-73(55-20-9-4-10-21-55)56-22-11-5-12-23-56)49-104(78(92)97,88-80(58-25-13-6-14-26-58,59-27-15-7-16-28-59)60-29-17-8-18-30-60)65-38-34-63(35-39-65)90-44-42-89(43-45-90)62-32-36-64(37-33-62)99-47-69-100-51-79(102-69,50-91-53-84-52-85-91)66-40-31-61(82)46-67(66)83/h4-40,46,52-54,68-69,71,73,76,88H,41-45,47-51H2,1-3H3,(H,86,94)/b24-19-,87-70-/t68?,69-,71?,76?,79+/m0/s1. The Kier molecular flexibility index (Phi) is 21.2. The number of carbonyl (C=O) groups excluding carboxylic acids is 4. The molecular weight excluding hydrogens is 1380 g/mol. The Bertz CT molecular complexity index is 4470. The van der Waals surface area contributed by atoms with E-state index in [1.807, 2.05) is 166 Å². The van der Waals surface area contributed by atoms with Crippen LogP contribution in [0.4, 0.5) is 25.0 Å². The number of hydrogen-bond donors (Lipinski definition) is 2. The molecule has 4 unspecified atom stereocenters. The van der Waals surface area contributed by atoms with Gasteiger partial charge < -0.3 is 43.8 Å². The molecule has 2 N–H and O–H groups in total. The van der Waals surface area contributed by atoms with E-state index in [2.05, 4.69) is 83.6 Å². The Morgan fingerprint density at radius 3 is 1.89 bits per heavy atom. The van der Waals surface area contributed by atoms with Crippen LogP contribution in [0.25, 0.3) is 0 Å². The third-order valence-corrected chi connectivity index (χ3v) is 24.3. The molecule has 8 aromatic carbocycles. The third-order valence-electron chi connectivity index (χ3n) is 19.4. The number of nitrogens with zero attached hydrogens (tertiary/aromatic N) is 8. The molecule has 0 saturated carbocycles. The Hall–Kier alpha value is -10.1. The van der Waals surface area contributed by atoms with Crippen molar-refractivity contribution in [2.45, 2.75) is 72.3 Å². The maximum atomic E-state index is 16.7. The highest BCUT2D eigenvalue weighted by molar-refractivity contribution is 8.44. The summed E-state index contributed by atoms with van der Waals surface area (Å²) in [7, 11) is -1.69. The van der Waals surface area contributed by atoms with Crippen molar-refractivity contribution in [1.29, 1.82) is 0 Å². The number of nitrogens with one attached hydrogen (secondary N) is 2. The molecular formula is C80H77ClF2N10O9S2. The van der Waals surface area contributed by atoms with Crippen molar-refractivity contribution in [3.8, 4) is 5.75 Å². The Morgan fingerprint density at radius 2 is 1.36 bits per heavy atom. The van der Waals surface area contributed by atoms with Crippen molar-refractivity contribution in [2.24, 2.45) is 5.16 Å². The van der Waals surface area contributed by atoms with Gasteiger partial charge in [0.1, 0.15) is 72.0 Å². The zero-order valence-corrected chi connectivity index (χ0v) is 59.7. The molecule has 0 bridgehead atoms. The van der Waals surface area contributed by atoms with Gasteiger partial charge in [-0.05, 0) is 102 Å². The number of aromatic nitrogens is 3. The van der Waals surface area contributed by atoms with Gasteiger partial charge in [-0.2, -0.15) is 5.10 Å². The predicted molar refractivity (Wildman–Crippen MR) is 398 cm³/mol. The number of halogens is 3. The lowest BCUT2D eigenvalue weighted by Gasteiger charge is -2.49. The number of rotatable bonds is 25. The molecule has 14 rings (SSSR count). The van der Waals surface area contributed by atoms with Crippen LogP contribution in [0, 0.1) is 11.6 Å². The highest BCUT2D eigenvalue weighted by atomic mass is 35.5. The van der Waals surface area contributed by atoms with Gasteiger partial charge in [0.2, 0.25) is 0 Å². The normalized spacial score (nSPS) is 22.0. The van der Waals surface area contributed by atoms with Crippen LogP contribution in [0.15, 0.2) is 265 Å². The van der Waals surface area contributed by atoms with Crippen molar-refractivity contribution < 1.29 is 51.7 Å². The number of esters is 1. The number of oxime groups is 1. The molecule has 104 heavy (non-hydrogen) atoms. The molecule has 0 spiro atoms. The predicted octanol–water partition coefficient (Wildman–Crippen LogP) is 12.9. The molecule has 0 aliphatic carbocycles. The third kappa shape index (κ3) is 14.1. The lowest BCUT2D eigenvalue weighted by atomic mass is 9.78. The number of carbonyl (C=O) groups is 4. The van der Waals surface area contributed by atoms with Crippen molar-refractivity contribution >= 4 is 73.7 Å². The highest BCUT2D eigenvalue weighted by Gasteiger charge is 2.59. The molecule has 6 heterocycles. The van der Waals surface area contributed by atoms with Crippen LogP contribution in [0.2, 0.25) is 0 Å². The quantitative estimate of drug-likeness (QED) is 0.0137. The Labute approximate surface area is 612 Å². The second-order valence-corrected chi connectivity index (χ2v) is 30.3. The highest BCUT2D eigenvalue weighted by Crippen LogP contribution is 2.64. The van der Waals surface area contributed by atoms with Crippen LogP contribution in [-0.2, 0) is 51.1 Å². The van der Waals surface area contributed by atoms with Gasteiger partial charge >= 0.3 is 5.97 Å². The van der Waals surface area contributed by atoms with Crippen LogP contribution >= 0.6 is 33.6 Å². The van der Waals surface area contributed by atoms with Crippen LogP contribution in [0.5, 0.6) is 5.75 Å². The average molecular weight is 1460 g/mol. The first-order valence-corrected chi connectivity index (χ1v) is 37.7. The number of benzene rings is 8. The SMILES string of the molecule is CO/N=C(\C(=O)NC1C(=O)N2C(C(=O)OC(c3ccccc3)c3ccccc3)=C(/C=C\CCl)CSC12)C1CS(NC(c2ccccc2)(c2ccccc2)c2ccccc2)(c2ccc(N3CCN(c4ccc(OC[C@H]5OC[C@](Cn6cncn6)(c6ccc(F)cc6F)O5)cc4)CC3)cc2)C(=O)N1C(C)C. The average Bonchev–Trinajstić information content (AvgIpc) is 1.07. The summed E-state index contributed by atoms with van der Waals surface area (Å²) < 4.78 is 60.0. The molecule has 9 aromatic rings. The molecule has 534 valence electrons. The van der Waals surface area contributed by atoms with Gasteiger partial charge in [0.15, 0.2) is 18.1 Å². The minimum Gasteiger partial charge on any atom is -0.488 e. The molecule has 19 nitrogen and oxygen atoms in total. The summed E-state index contributed by atoms with van der Waals surface area (Å²) in [5, 5.41) is 10.7. The number of alkyl halides is 1. The first kappa shape index (κ1) is 70.9. The molecule has 1 aromatic heterocycles. The molecule has 4 fully saturated rings. The number of amides is 3. The van der Waals surface area contributed by atoms with E-state index in [0.29, 0.717) is 43.3 Å². The zero-order valence-electron chi connectivity index (χ0n) is 57.3. The van der Waals surface area contributed by atoms with Gasteiger partial charge in [0.25, 0.3) is 17.1 Å². The van der Waals surface area contributed by atoms with Crippen LogP contribution < -0.4 is 24.6 Å². The molecule has 5 aliphatic heterocycles. The van der Waals surface area contributed by atoms with Crippen molar-refractivity contribution in [1.82, 2.24) is 34.6 Å².